The quantitative estimate of drug-likeness (QED) is 0.620. The zero-order valence-electron chi connectivity index (χ0n) is 17.0. The van der Waals surface area contributed by atoms with Gasteiger partial charge in [-0.25, -0.2) is 4.79 Å². The van der Waals surface area contributed by atoms with Crippen LogP contribution in [0.5, 0.6) is 11.5 Å². The number of carbonyl (C=O) groups excluding carboxylic acids is 2. The lowest BCUT2D eigenvalue weighted by atomic mass is 9.77. The Kier molecular flexibility index (Phi) is 6.00. The third-order valence-corrected chi connectivity index (χ3v) is 5.28. The SMILES string of the molecule is COc1cc(C)c(C(=O)OC2(C)C(=O)C3=C(C=C(C=CCO)OC3)CC2O)c(O)c1. The number of esters is 1. The average molecular weight is 416 g/mol. The first kappa shape index (κ1) is 21.6. The molecule has 0 fully saturated rings. The molecule has 0 amide bonds. The highest BCUT2D eigenvalue weighted by molar-refractivity contribution is 6.07. The minimum absolute atomic E-state index is 0.0392. The van der Waals surface area contributed by atoms with Crippen LogP contribution in [0.25, 0.3) is 0 Å². The van der Waals surface area contributed by atoms with Gasteiger partial charge in [0.15, 0.2) is 5.60 Å². The molecule has 1 aromatic rings. The van der Waals surface area contributed by atoms with Gasteiger partial charge in [0.2, 0.25) is 5.78 Å². The molecule has 0 saturated carbocycles. The number of benzene rings is 1. The summed E-state index contributed by atoms with van der Waals surface area (Å²) in [7, 11) is 1.43. The number of aryl methyl sites for hydroxylation is 1. The lowest BCUT2D eigenvalue weighted by molar-refractivity contribution is -0.147. The number of phenolic OH excluding ortho intramolecular Hbond substituents is 1. The van der Waals surface area contributed by atoms with E-state index in [9.17, 15) is 19.8 Å². The summed E-state index contributed by atoms with van der Waals surface area (Å²) in [6.45, 7) is 2.76. The highest BCUT2D eigenvalue weighted by Gasteiger charge is 2.50. The van der Waals surface area contributed by atoms with Crippen LogP contribution in [0.2, 0.25) is 0 Å². The van der Waals surface area contributed by atoms with E-state index in [0.29, 0.717) is 28.2 Å². The number of carbonyl (C=O) groups is 2. The number of rotatable bonds is 5. The lowest BCUT2D eigenvalue weighted by Gasteiger charge is -2.39. The van der Waals surface area contributed by atoms with Gasteiger partial charge in [-0.3, -0.25) is 4.79 Å². The van der Waals surface area contributed by atoms with Crippen LogP contribution < -0.4 is 4.74 Å². The van der Waals surface area contributed by atoms with Crippen molar-refractivity contribution in [3.63, 3.8) is 0 Å². The molecule has 3 N–H and O–H groups in total. The van der Waals surface area contributed by atoms with E-state index in [1.54, 1.807) is 25.1 Å². The monoisotopic (exact) mass is 416 g/mol. The van der Waals surface area contributed by atoms with E-state index in [1.165, 1.54) is 26.2 Å². The van der Waals surface area contributed by atoms with Crippen molar-refractivity contribution >= 4 is 11.8 Å². The third kappa shape index (κ3) is 3.83. The summed E-state index contributed by atoms with van der Waals surface area (Å²) in [5.74, 6) is -1.000. The number of Topliss-reactive ketones (excluding diaryl/α,β-unsaturated/α-hetero) is 1. The molecule has 0 spiro atoms. The van der Waals surface area contributed by atoms with Crippen LogP contribution in [0.1, 0.15) is 29.3 Å². The molecule has 1 aliphatic carbocycles. The maximum Gasteiger partial charge on any atom is 0.343 e. The number of aliphatic hydroxyl groups is 2. The van der Waals surface area contributed by atoms with Crippen LogP contribution in [0, 0.1) is 6.92 Å². The standard InChI is InChI=1S/C22H24O8/c1-12-7-15(28-3)10-17(24)19(12)21(27)30-22(2)18(25)9-13-8-14(5-4-6-23)29-11-16(13)20(22)26/h4-5,7-8,10,18,23-25H,6,9,11H2,1-3H3. The first-order chi connectivity index (χ1) is 14.2. The summed E-state index contributed by atoms with van der Waals surface area (Å²) in [5.41, 5.74) is -0.624. The van der Waals surface area contributed by atoms with E-state index in [1.807, 2.05) is 0 Å². The fourth-order valence-corrected chi connectivity index (χ4v) is 3.54. The molecule has 0 radical (unpaired) electrons. The maximum atomic E-state index is 13.1. The first-order valence-electron chi connectivity index (χ1n) is 9.39. The zero-order valence-corrected chi connectivity index (χ0v) is 17.0. The van der Waals surface area contributed by atoms with Gasteiger partial charge in [0.05, 0.1) is 13.7 Å². The van der Waals surface area contributed by atoms with Crippen molar-refractivity contribution in [1.29, 1.82) is 0 Å². The van der Waals surface area contributed by atoms with Crippen LogP contribution >= 0.6 is 0 Å². The second-order valence-electron chi connectivity index (χ2n) is 7.31. The largest absolute Gasteiger partial charge is 0.507 e. The Morgan fingerprint density at radius 3 is 2.77 bits per heavy atom. The van der Waals surface area contributed by atoms with E-state index in [4.69, 9.17) is 19.3 Å². The molecule has 0 bridgehead atoms. The Hall–Kier alpha value is -3.10. The Bertz CT molecular complexity index is 948. The van der Waals surface area contributed by atoms with E-state index < -0.39 is 23.5 Å². The Morgan fingerprint density at radius 2 is 2.13 bits per heavy atom. The number of methoxy groups -OCH3 is 1. The number of ketones is 1. The van der Waals surface area contributed by atoms with Crippen molar-refractivity contribution in [2.45, 2.75) is 32.0 Å². The zero-order chi connectivity index (χ0) is 22.1. The molecule has 160 valence electrons. The Morgan fingerprint density at radius 1 is 1.40 bits per heavy atom. The van der Waals surface area contributed by atoms with Crippen molar-refractivity contribution in [3.05, 3.63) is 58.4 Å². The number of aliphatic hydroxyl groups excluding tert-OH is 2. The highest BCUT2D eigenvalue weighted by atomic mass is 16.6. The van der Waals surface area contributed by atoms with Crippen LogP contribution in [0.3, 0.4) is 0 Å². The third-order valence-electron chi connectivity index (χ3n) is 5.28. The van der Waals surface area contributed by atoms with Crippen LogP contribution in [0.15, 0.2) is 47.3 Å². The highest BCUT2D eigenvalue weighted by Crippen LogP contribution is 2.38. The summed E-state index contributed by atoms with van der Waals surface area (Å²) in [4.78, 5) is 25.9. The molecule has 1 aliphatic heterocycles. The van der Waals surface area contributed by atoms with Crippen molar-refractivity contribution in [3.8, 4) is 11.5 Å². The molecular formula is C22H24O8. The van der Waals surface area contributed by atoms with Gasteiger partial charge in [0, 0.05) is 18.1 Å². The molecule has 2 atom stereocenters. The van der Waals surface area contributed by atoms with Crippen molar-refractivity contribution in [1.82, 2.24) is 0 Å². The van der Waals surface area contributed by atoms with Gasteiger partial charge in [-0.2, -0.15) is 0 Å². The maximum absolute atomic E-state index is 13.1. The molecule has 8 nitrogen and oxygen atoms in total. The second kappa shape index (κ2) is 8.33. The molecule has 8 heteroatoms. The number of ether oxygens (including phenoxy) is 3. The van der Waals surface area contributed by atoms with Gasteiger partial charge in [-0.1, -0.05) is 6.08 Å². The number of aromatic hydroxyl groups is 1. The smallest absolute Gasteiger partial charge is 0.343 e. The topological polar surface area (TPSA) is 123 Å². The van der Waals surface area contributed by atoms with E-state index in [0.717, 1.165) is 0 Å². The van der Waals surface area contributed by atoms with Crippen molar-refractivity contribution in [2.75, 3.05) is 20.3 Å². The van der Waals surface area contributed by atoms with Crippen LogP contribution in [-0.4, -0.2) is 59.1 Å². The Labute approximate surface area is 173 Å². The summed E-state index contributed by atoms with van der Waals surface area (Å²) in [6, 6.07) is 2.83. The molecule has 1 aromatic carbocycles. The fraction of sp³-hybridized carbons (Fsp3) is 0.364. The number of phenols is 1. The van der Waals surface area contributed by atoms with E-state index in [-0.39, 0.29) is 30.9 Å². The molecule has 1 heterocycles. The Balaban J connectivity index is 1.90. The summed E-state index contributed by atoms with van der Waals surface area (Å²) in [5, 5.41) is 29.8. The van der Waals surface area contributed by atoms with Crippen molar-refractivity contribution in [2.24, 2.45) is 0 Å². The average Bonchev–Trinajstić information content (AvgIpc) is 2.70. The predicted octanol–water partition coefficient (Wildman–Crippen LogP) is 1.72. The van der Waals surface area contributed by atoms with Crippen LogP contribution in [-0.2, 0) is 14.3 Å². The van der Waals surface area contributed by atoms with Gasteiger partial charge in [-0.05, 0) is 43.2 Å². The molecular weight excluding hydrogens is 392 g/mol. The van der Waals surface area contributed by atoms with Gasteiger partial charge < -0.3 is 29.5 Å². The van der Waals surface area contributed by atoms with Gasteiger partial charge in [0.25, 0.3) is 0 Å². The molecule has 3 rings (SSSR count). The number of hydrogen-bond acceptors (Lipinski definition) is 8. The van der Waals surface area contributed by atoms with Gasteiger partial charge in [0.1, 0.15) is 35.5 Å². The molecule has 30 heavy (non-hydrogen) atoms. The summed E-state index contributed by atoms with van der Waals surface area (Å²) >= 11 is 0. The predicted molar refractivity (Wildman–Crippen MR) is 106 cm³/mol. The first-order valence-corrected chi connectivity index (χ1v) is 9.39. The minimum atomic E-state index is -1.83. The normalized spacial score (nSPS) is 23.7. The molecule has 2 aliphatic rings. The van der Waals surface area contributed by atoms with Crippen LogP contribution in [0.4, 0.5) is 0 Å². The minimum Gasteiger partial charge on any atom is -0.507 e. The molecule has 0 aromatic heterocycles. The van der Waals surface area contributed by atoms with E-state index >= 15 is 0 Å². The molecule has 2 unspecified atom stereocenters. The lowest BCUT2D eigenvalue weighted by Crippen LogP contribution is -2.54. The molecule has 0 saturated heterocycles. The van der Waals surface area contributed by atoms with Crippen molar-refractivity contribution < 1.29 is 39.1 Å². The summed E-state index contributed by atoms with van der Waals surface area (Å²) < 4.78 is 16.0. The summed E-state index contributed by atoms with van der Waals surface area (Å²) in [6.07, 6.45) is 3.48. The van der Waals surface area contributed by atoms with Gasteiger partial charge >= 0.3 is 5.97 Å². The van der Waals surface area contributed by atoms with Gasteiger partial charge in [-0.15, -0.1) is 0 Å². The van der Waals surface area contributed by atoms with E-state index in [2.05, 4.69) is 0 Å². The number of allylic oxidation sites excluding steroid dienone is 2. The fourth-order valence-electron chi connectivity index (χ4n) is 3.54. The number of hydrogen-bond donors (Lipinski definition) is 3. The second-order valence-corrected chi connectivity index (χ2v) is 7.31.